The van der Waals surface area contributed by atoms with Crippen LogP contribution >= 0.6 is 0 Å². The summed E-state index contributed by atoms with van der Waals surface area (Å²) in [5.74, 6) is 1.07. The molecule has 18 heavy (non-hydrogen) atoms. The highest BCUT2D eigenvalue weighted by molar-refractivity contribution is 7.89. The molecule has 1 aromatic heterocycles. The van der Waals surface area contributed by atoms with E-state index >= 15 is 0 Å². The first-order chi connectivity index (χ1) is 8.26. The van der Waals surface area contributed by atoms with Crippen LogP contribution in [0.4, 0.5) is 0 Å². The van der Waals surface area contributed by atoms with Crippen LogP contribution < -0.4 is 10.0 Å². The SMILES string of the molecule is CNCc1cc(S(=O)(=O)NC2CC2(C)C)c(C)o1. The van der Waals surface area contributed by atoms with Crippen molar-refractivity contribution in [3.63, 3.8) is 0 Å². The molecule has 1 atom stereocenters. The molecular formula is C12H20N2O3S. The Balaban J connectivity index is 2.19. The maximum Gasteiger partial charge on any atom is 0.244 e. The van der Waals surface area contributed by atoms with Crippen molar-refractivity contribution in [1.29, 1.82) is 0 Å². The molecule has 2 rings (SSSR count). The normalized spacial score (nSPS) is 22.1. The molecule has 0 aliphatic heterocycles. The number of aryl methyl sites for hydroxylation is 1. The summed E-state index contributed by atoms with van der Waals surface area (Å²) in [5, 5.41) is 2.93. The van der Waals surface area contributed by atoms with E-state index in [0.717, 1.165) is 6.42 Å². The molecule has 0 amide bonds. The van der Waals surface area contributed by atoms with E-state index in [2.05, 4.69) is 23.9 Å². The van der Waals surface area contributed by atoms with Gasteiger partial charge in [-0.15, -0.1) is 0 Å². The van der Waals surface area contributed by atoms with Crippen molar-refractivity contribution >= 4 is 10.0 Å². The van der Waals surface area contributed by atoms with Crippen LogP contribution in [0.25, 0.3) is 0 Å². The van der Waals surface area contributed by atoms with Gasteiger partial charge in [0, 0.05) is 12.1 Å². The van der Waals surface area contributed by atoms with Gasteiger partial charge in [-0.25, -0.2) is 13.1 Å². The Labute approximate surface area is 108 Å². The lowest BCUT2D eigenvalue weighted by Gasteiger charge is -2.06. The summed E-state index contributed by atoms with van der Waals surface area (Å²) in [5.41, 5.74) is 0.0680. The number of hydrogen-bond acceptors (Lipinski definition) is 4. The minimum absolute atomic E-state index is 0.0320. The molecule has 5 nitrogen and oxygen atoms in total. The summed E-state index contributed by atoms with van der Waals surface area (Å²) in [6.45, 7) is 6.29. The zero-order valence-corrected chi connectivity index (χ0v) is 12.0. The van der Waals surface area contributed by atoms with E-state index in [-0.39, 0.29) is 16.4 Å². The first-order valence-corrected chi connectivity index (χ1v) is 7.51. The third kappa shape index (κ3) is 2.60. The Morgan fingerprint density at radius 1 is 1.50 bits per heavy atom. The van der Waals surface area contributed by atoms with Crippen LogP contribution in [0.2, 0.25) is 0 Å². The maximum absolute atomic E-state index is 12.2. The molecular weight excluding hydrogens is 252 g/mol. The van der Waals surface area contributed by atoms with Gasteiger partial charge in [0.25, 0.3) is 0 Å². The van der Waals surface area contributed by atoms with Crippen LogP contribution in [0.5, 0.6) is 0 Å². The zero-order chi connectivity index (χ0) is 13.6. The smallest absolute Gasteiger partial charge is 0.244 e. The van der Waals surface area contributed by atoms with E-state index in [1.165, 1.54) is 0 Å². The Morgan fingerprint density at radius 2 is 2.11 bits per heavy atom. The van der Waals surface area contributed by atoms with E-state index in [1.807, 2.05) is 0 Å². The fourth-order valence-electron chi connectivity index (χ4n) is 1.97. The highest BCUT2D eigenvalue weighted by atomic mass is 32.2. The largest absolute Gasteiger partial charge is 0.464 e. The predicted molar refractivity (Wildman–Crippen MR) is 68.7 cm³/mol. The molecule has 1 heterocycles. The molecule has 0 radical (unpaired) electrons. The summed E-state index contributed by atoms with van der Waals surface area (Å²) in [6, 6.07) is 1.62. The second-order valence-electron chi connectivity index (χ2n) is 5.53. The maximum atomic E-state index is 12.2. The van der Waals surface area contributed by atoms with Crippen LogP contribution in [0.15, 0.2) is 15.4 Å². The predicted octanol–water partition coefficient (Wildman–Crippen LogP) is 1.38. The second-order valence-corrected chi connectivity index (χ2v) is 7.21. The molecule has 1 aromatic rings. The van der Waals surface area contributed by atoms with E-state index in [1.54, 1.807) is 20.0 Å². The van der Waals surface area contributed by atoms with E-state index in [4.69, 9.17) is 4.42 Å². The first kappa shape index (κ1) is 13.6. The van der Waals surface area contributed by atoms with Gasteiger partial charge in [-0.3, -0.25) is 0 Å². The minimum Gasteiger partial charge on any atom is -0.464 e. The van der Waals surface area contributed by atoms with Crippen LogP contribution in [0, 0.1) is 12.3 Å². The van der Waals surface area contributed by atoms with E-state index in [9.17, 15) is 8.42 Å². The second kappa shape index (κ2) is 4.36. The Kier molecular flexibility index (Phi) is 3.29. The molecule has 0 spiro atoms. The lowest BCUT2D eigenvalue weighted by molar-refractivity contribution is 0.465. The van der Waals surface area contributed by atoms with E-state index in [0.29, 0.717) is 18.1 Å². The number of nitrogens with one attached hydrogen (secondary N) is 2. The van der Waals surface area contributed by atoms with Crippen molar-refractivity contribution in [2.75, 3.05) is 7.05 Å². The fraction of sp³-hybridized carbons (Fsp3) is 0.667. The highest BCUT2D eigenvalue weighted by Gasteiger charge is 2.48. The van der Waals surface area contributed by atoms with Gasteiger partial charge < -0.3 is 9.73 Å². The lowest BCUT2D eigenvalue weighted by atomic mass is 10.2. The average Bonchev–Trinajstić information content (AvgIpc) is 2.66. The highest BCUT2D eigenvalue weighted by Crippen LogP contribution is 2.45. The summed E-state index contributed by atoms with van der Waals surface area (Å²) >= 11 is 0. The number of hydrogen-bond donors (Lipinski definition) is 2. The quantitative estimate of drug-likeness (QED) is 0.849. The number of furan rings is 1. The van der Waals surface area contributed by atoms with Crippen LogP contribution in [0.3, 0.4) is 0 Å². The van der Waals surface area contributed by atoms with Crippen molar-refractivity contribution in [2.24, 2.45) is 5.41 Å². The van der Waals surface area contributed by atoms with Gasteiger partial charge in [-0.2, -0.15) is 0 Å². The third-order valence-corrected chi connectivity index (χ3v) is 4.95. The van der Waals surface area contributed by atoms with Crippen molar-refractivity contribution < 1.29 is 12.8 Å². The monoisotopic (exact) mass is 272 g/mol. The zero-order valence-electron chi connectivity index (χ0n) is 11.2. The molecule has 6 heteroatoms. The van der Waals surface area contributed by atoms with Crippen molar-refractivity contribution in [3.05, 3.63) is 17.6 Å². The minimum atomic E-state index is -3.47. The third-order valence-electron chi connectivity index (χ3n) is 3.37. The Hall–Kier alpha value is -0.850. The van der Waals surface area contributed by atoms with Gasteiger partial charge in [0.05, 0.1) is 6.54 Å². The van der Waals surface area contributed by atoms with Gasteiger partial charge in [-0.05, 0) is 25.8 Å². The van der Waals surface area contributed by atoms with Crippen LogP contribution in [-0.4, -0.2) is 21.5 Å². The molecule has 1 aliphatic rings. The molecule has 2 N–H and O–H groups in total. The van der Waals surface area contributed by atoms with Gasteiger partial charge >= 0.3 is 0 Å². The fourth-order valence-corrected chi connectivity index (χ4v) is 3.58. The van der Waals surface area contributed by atoms with E-state index < -0.39 is 10.0 Å². The molecule has 102 valence electrons. The van der Waals surface area contributed by atoms with Gasteiger partial charge in [0.15, 0.2) is 0 Å². The van der Waals surface area contributed by atoms with Gasteiger partial charge in [0.1, 0.15) is 16.4 Å². The summed E-state index contributed by atoms with van der Waals surface area (Å²) in [4.78, 5) is 0.246. The Bertz CT molecular complexity index is 546. The van der Waals surface area contributed by atoms with Crippen LogP contribution in [-0.2, 0) is 16.6 Å². The lowest BCUT2D eigenvalue weighted by Crippen LogP contribution is -2.28. The molecule has 1 fully saturated rings. The first-order valence-electron chi connectivity index (χ1n) is 6.02. The van der Waals surface area contributed by atoms with Crippen molar-refractivity contribution in [3.8, 4) is 0 Å². The molecule has 1 unspecified atom stereocenters. The van der Waals surface area contributed by atoms with Gasteiger partial charge in [-0.1, -0.05) is 13.8 Å². The molecule has 0 aromatic carbocycles. The average molecular weight is 272 g/mol. The van der Waals surface area contributed by atoms with Crippen molar-refractivity contribution in [2.45, 2.75) is 44.7 Å². The molecule has 1 aliphatic carbocycles. The standard InChI is InChI=1S/C12H20N2O3S/c1-8-10(5-9(17-8)7-13-4)18(15,16)14-11-6-12(11,2)3/h5,11,13-14H,6-7H2,1-4H3. The summed E-state index contributed by atoms with van der Waals surface area (Å²) in [7, 11) is -1.68. The number of sulfonamides is 1. The summed E-state index contributed by atoms with van der Waals surface area (Å²) < 4.78 is 32.6. The summed E-state index contributed by atoms with van der Waals surface area (Å²) in [6.07, 6.45) is 0.881. The van der Waals surface area contributed by atoms with Gasteiger partial charge in [0.2, 0.25) is 10.0 Å². The van der Waals surface area contributed by atoms with Crippen molar-refractivity contribution in [1.82, 2.24) is 10.0 Å². The topological polar surface area (TPSA) is 71.3 Å². The Morgan fingerprint density at radius 3 is 2.61 bits per heavy atom. The molecule has 0 bridgehead atoms. The molecule has 1 saturated carbocycles. The van der Waals surface area contributed by atoms with Crippen LogP contribution in [0.1, 0.15) is 31.8 Å². The molecule has 0 saturated heterocycles. The number of rotatable bonds is 5.